The zero-order valence-corrected chi connectivity index (χ0v) is 14.5. The Kier molecular flexibility index (Phi) is 5.46. The van der Waals surface area contributed by atoms with Crippen LogP contribution in [0.1, 0.15) is 16.7 Å². The number of hydrogen-bond donors (Lipinski definition) is 0. The van der Waals surface area contributed by atoms with Gasteiger partial charge in [0.25, 0.3) is 0 Å². The Bertz CT molecular complexity index is 891. The van der Waals surface area contributed by atoms with Gasteiger partial charge in [-0.05, 0) is 54.4 Å². The minimum Gasteiger partial charge on any atom is -0.488 e. The van der Waals surface area contributed by atoms with E-state index < -0.39 is 0 Å². The first kappa shape index (κ1) is 17.2. The molecule has 0 heterocycles. The monoisotopic (exact) mass is 353 g/mol. The van der Waals surface area contributed by atoms with E-state index in [9.17, 15) is 4.39 Å². The fraction of sp³-hybridized carbons (Fsp3) is 0.0952. The number of para-hydroxylation sites is 1. The first-order valence-corrected chi connectivity index (χ1v) is 8.26. The second-order valence-corrected chi connectivity index (χ2v) is 6.08. The minimum atomic E-state index is -0.256. The molecule has 0 aromatic heterocycles. The van der Waals surface area contributed by atoms with Gasteiger partial charge in [0.1, 0.15) is 18.2 Å². The van der Waals surface area contributed by atoms with Gasteiger partial charge in [-0.25, -0.2) is 4.39 Å². The summed E-state index contributed by atoms with van der Waals surface area (Å²) in [4.78, 5) is 4.53. The predicted octanol–water partition coefficient (Wildman–Crippen LogP) is 6.12. The summed E-state index contributed by atoms with van der Waals surface area (Å²) in [7, 11) is 0. The predicted molar refractivity (Wildman–Crippen MR) is 101 cm³/mol. The van der Waals surface area contributed by atoms with Crippen molar-refractivity contribution in [3.63, 3.8) is 0 Å². The van der Waals surface area contributed by atoms with Gasteiger partial charge in [0.2, 0.25) is 0 Å². The molecule has 0 atom stereocenters. The van der Waals surface area contributed by atoms with E-state index in [1.54, 1.807) is 18.3 Å². The van der Waals surface area contributed by atoms with E-state index in [1.165, 1.54) is 12.1 Å². The number of ether oxygens (including phenoxy) is 1. The maximum Gasteiger partial charge on any atom is 0.128 e. The van der Waals surface area contributed by atoms with Gasteiger partial charge >= 0.3 is 0 Å². The van der Waals surface area contributed by atoms with Crippen LogP contribution in [0.5, 0.6) is 5.75 Å². The minimum absolute atomic E-state index is 0.256. The van der Waals surface area contributed by atoms with Crippen LogP contribution >= 0.6 is 11.6 Å². The van der Waals surface area contributed by atoms with Crippen molar-refractivity contribution in [1.29, 1.82) is 0 Å². The van der Waals surface area contributed by atoms with E-state index in [2.05, 4.69) is 4.99 Å². The Morgan fingerprint density at radius 3 is 2.60 bits per heavy atom. The molecular formula is C21H17ClFNO. The third kappa shape index (κ3) is 4.68. The first-order chi connectivity index (χ1) is 12.1. The molecule has 0 aliphatic rings. The Morgan fingerprint density at radius 2 is 1.80 bits per heavy atom. The van der Waals surface area contributed by atoms with Crippen molar-refractivity contribution >= 4 is 23.5 Å². The van der Waals surface area contributed by atoms with Crippen molar-refractivity contribution in [2.75, 3.05) is 0 Å². The van der Waals surface area contributed by atoms with Crippen LogP contribution in [0.2, 0.25) is 5.02 Å². The number of nitrogens with zero attached hydrogens (tertiary/aromatic N) is 1. The maximum atomic E-state index is 13.0. The van der Waals surface area contributed by atoms with Gasteiger partial charge in [0, 0.05) is 16.8 Å². The smallest absolute Gasteiger partial charge is 0.128 e. The van der Waals surface area contributed by atoms with Crippen LogP contribution in [-0.2, 0) is 6.61 Å². The number of aliphatic imine (C=N–C) groups is 1. The second kappa shape index (κ2) is 7.95. The number of halogens is 2. The van der Waals surface area contributed by atoms with Gasteiger partial charge < -0.3 is 4.74 Å². The van der Waals surface area contributed by atoms with Crippen LogP contribution in [0, 0.1) is 12.7 Å². The molecule has 0 unspecified atom stereocenters. The topological polar surface area (TPSA) is 21.6 Å². The lowest BCUT2D eigenvalue weighted by Crippen LogP contribution is -1.98. The molecule has 0 bridgehead atoms. The zero-order valence-electron chi connectivity index (χ0n) is 13.7. The Labute approximate surface area is 151 Å². The summed E-state index contributed by atoms with van der Waals surface area (Å²) in [5.41, 5.74) is 3.63. The molecule has 3 rings (SSSR count). The fourth-order valence-corrected chi connectivity index (χ4v) is 2.49. The van der Waals surface area contributed by atoms with E-state index >= 15 is 0 Å². The van der Waals surface area contributed by atoms with Crippen LogP contribution in [0.15, 0.2) is 71.7 Å². The molecular weight excluding hydrogens is 337 g/mol. The third-order valence-electron chi connectivity index (χ3n) is 3.74. The highest BCUT2D eigenvalue weighted by molar-refractivity contribution is 6.30. The Hall–Kier alpha value is -2.65. The molecule has 0 aliphatic heterocycles. The highest BCUT2D eigenvalue weighted by Gasteiger charge is 2.03. The van der Waals surface area contributed by atoms with Gasteiger partial charge in [-0.1, -0.05) is 41.9 Å². The summed E-state index contributed by atoms with van der Waals surface area (Å²) >= 11 is 6.03. The quantitative estimate of drug-likeness (QED) is 0.506. The van der Waals surface area contributed by atoms with Crippen molar-refractivity contribution in [1.82, 2.24) is 0 Å². The second-order valence-electron chi connectivity index (χ2n) is 5.64. The molecule has 0 saturated carbocycles. The summed E-state index contributed by atoms with van der Waals surface area (Å²) in [6.45, 7) is 2.35. The third-order valence-corrected chi connectivity index (χ3v) is 3.98. The van der Waals surface area contributed by atoms with Crippen LogP contribution in [0.3, 0.4) is 0 Å². The molecule has 0 aliphatic carbocycles. The van der Waals surface area contributed by atoms with Crippen LogP contribution in [0.25, 0.3) is 0 Å². The Morgan fingerprint density at radius 1 is 1.04 bits per heavy atom. The lowest BCUT2D eigenvalue weighted by molar-refractivity contribution is 0.305. The lowest BCUT2D eigenvalue weighted by Gasteiger charge is -2.09. The summed E-state index contributed by atoms with van der Waals surface area (Å²) in [5.74, 6) is 0.462. The molecule has 126 valence electrons. The summed E-state index contributed by atoms with van der Waals surface area (Å²) in [6, 6.07) is 19.5. The average molecular weight is 354 g/mol. The fourth-order valence-electron chi connectivity index (χ4n) is 2.32. The average Bonchev–Trinajstić information content (AvgIpc) is 2.63. The molecule has 2 nitrogen and oxygen atoms in total. The molecule has 0 amide bonds. The van der Waals surface area contributed by atoms with Crippen molar-refractivity contribution in [3.8, 4) is 5.75 Å². The van der Waals surface area contributed by atoms with Crippen molar-refractivity contribution < 1.29 is 9.13 Å². The van der Waals surface area contributed by atoms with E-state index in [1.807, 2.05) is 49.4 Å². The molecule has 4 heteroatoms. The van der Waals surface area contributed by atoms with Crippen molar-refractivity contribution in [3.05, 3.63) is 94.3 Å². The molecule has 0 radical (unpaired) electrons. The number of benzene rings is 3. The van der Waals surface area contributed by atoms with E-state index in [4.69, 9.17) is 16.3 Å². The van der Waals surface area contributed by atoms with E-state index in [-0.39, 0.29) is 5.82 Å². The standard InChI is InChI=1S/C21H17ClFNO/c1-15-6-9-18(22)12-20(15)24-13-17-4-2-3-5-21(17)25-14-16-7-10-19(23)11-8-16/h2-13H,14H2,1H3. The maximum absolute atomic E-state index is 13.0. The van der Waals surface area contributed by atoms with Crippen LogP contribution in [0.4, 0.5) is 10.1 Å². The van der Waals surface area contributed by atoms with Crippen LogP contribution < -0.4 is 4.74 Å². The summed E-state index contributed by atoms with van der Waals surface area (Å²) < 4.78 is 18.8. The molecule has 25 heavy (non-hydrogen) atoms. The largest absolute Gasteiger partial charge is 0.488 e. The van der Waals surface area contributed by atoms with Gasteiger partial charge in [0.05, 0.1) is 5.69 Å². The van der Waals surface area contributed by atoms with Crippen molar-refractivity contribution in [2.45, 2.75) is 13.5 Å². The van der Waals surface area contributed by atoms with E-state index in [0.717, 1.165) is 28.1 Å². The number of aryl methyl sites for hydroxylation is 1. The van der Waals surface area contributed by atoms with Gasteiger partial charge in [-0.2, -0.15) is 0 Å². The highest BCUT2D eigenvalue weighted by Crippen LogP contribution is 2.24. The summed E-state index contributed by atoms with van der Waals surface area (Å²) in [5, 5.41) is 0.651. The van der Waals surface area contributed by atoms with Crippen molar-refractivity contribution in [2.24, 2.45) is 4.99 Å². The molecule has 3 aromatic rings. The number of rotatable bonds is 5. The molecule has 0 saturated heterocycles. The number of hydrogen-bond acceptors (Lipinski definition) is 2. The SMILES string of the molecule is Cc1ccc(Cl)cc1N=Cc1ccccc1OCc1ccc(F)cc1. The normalized spacial score (nSPS) is 11.0. The zero-order chi connectivity index (χ0) is 17.6. The lowest BCUT2D eigenvalue weighted by atomic mass is 10.2. The molecule has 0 N–H and O–H groups in total. The summed E-state index contributed by atoms with van der Waals surface area (Å²) in [6.07, 6.45) is 1.76. The van der Waals surface area contributed by atoms with Gasteiger partial charge in [-0.3, -0.25) is 4.99 Å². The molecule has 3 aromatic carbocycles. The molecule has 0 spiro atoms. The molecule has 0 fully saturated rings. The van der Waals surface area contributed by atoms with E-state index in [0.29, 0.717) is 11.6 Å². The van der Waals surface area contributed by atoms with Gasteiger partial charge in [-0.15, -0.1) is 0 Å². The highest BCUT2D eigenvalue weighted by atomic mass is 35.5. The van der Waals surface area contributed by atoms with Gasteiger partial charge in [0.15, 0.2) is 0 Å². The van der Waals surface area contributed by atoms with Crippen LogP contribution in [-0.4, -0.2) is 6.21 Å². The first-order valence-electron chi connectivity index (χ1n) is 7.88. The Balaban J connectivity index is 1.77.